The van der Waals surface area contributed by atoms with Gasteiger partial charge in [0.15, 0.2) is 5.96 Å². The largest absolute Gasteiger partial charge is 0.511 e. The van der Waals surface area contributed by atoms with Crippen LogP contribution in [-0.2, 0) is 16.6 Å². The van der Waals surface area contributed by atoms with Crippen molar-refractivity contribution in [2.45, 2.75) is 24.9 Å². The molecule has 0 spiro atoms. The summed E-state index contributed by atoms with van der Waals surface area (Å²) in [5.74, 6) is 1.07. The zero-order chi connectivity index (χ0) is 20.8. The molecule has 12 heteroatoms. The average Bonchev–Trinajstić information content (AvgIpc) is 2.67. The third-order valence-electron chi connectivity index (χ3n) is 4.42. The van der Waals surface area contributed by atoms with E-state index in [9.17, 15) is 21.6 Å². The summed E-state index contributed by atoms with van der Waals surface area (Å²) in [5, 5.41) is 6.21. The molecule has 2 heterocycles. The number of aliphatic imine (C=N–C) groups is 1. The van der Waals surface area contributed by atoms with Crippen LogP contribution in [0.25, 0.3) is 0 Å². The highest BCUT2D eigenvalue weighted by Gasteiger charge is 2.50. The van der Waals surface area contributed by atoms with Crippen molar-refractivity contribution in [3.05, 3.63) is 23.9 Å². The quantitative estimate of drug-likeness (QED) is 0.529. The first-order chi connectivity index (χ1) is 13.2. The van der Waals surface area contributed by atoms with Crippen LogP contribution in [0.3, 0.4) is 0 Å². The number of methoxy groups -OCH3 is 1. The number of sulfonamides is 1. The summed E-state index contributed by atoms with van der Waals surface area (Å²) in [6, 6.07) is 5.39. The molecule has 28 heavy (non-hydrogen) atoms. The van der Waals surface area contributed by atoms with E-state index in [1.807, 2.05) is 12.1 Å². The Balaban J connectivity index is 1.79. The molecule has 1 aromatic heterocycles. The lowest BCUT2D eigenvalue weighted by Gasteiger charge is -2.31. The van der Waals surface area contributed by atoms with Gasteiger partial charge in [-0.1, -0.05) is 6.07 Å². The molecule has 1 aliphatic heterocycles. The second-order valence-corrected chi connectivity index (χ2v) is 8.20. The number of alkyl halides is 3. The molecule has 0 bridgehead atoms. The van der Waals surface area contributed by atoms with Gasteiger partial charge in [-0.3, -0.25) is 4.99 Å². The lowest BCUT2D eigenvalue weighted by molar-refractivity contribution is -0.0496. The van der Waals surface area contributed by atoms with Crippen molar-refractivity contribution >= 4 is 16.0 Å². The number of aromatic nitrogens is 1. The van der Waals surface area contributed by atoms with E-state index in [2.05, 4.69) is 20.6 Å². The fraction of sp³-hybridized carbons (Fsp3) is 0.625. The minimum atomic E-state index is -5.25. The van der Waals surface area contributed by atoms with Crippen LogP contribution in [0.4, 0.5) is 13.2 Å². The Morgan fingerprint density at radius 1 is 1.32 bits per heavy atom. The molecule has 8 nitrogen and oxygen atoms in total. The standard InChI is InChI=1S/C16H24F3N5O3S/c1-20-15(22-11-13-4-3-5-14(23-13)27-2)21-10-12-6-8-24(9-7-12)28(25,26)16(17,18)19/h3-5,12H,6-11H2,1-2H3,(H2,20,21,22). The Morgan fingerprint density at radius 3 is 2.57 bits per heavy atom. The van der Waals surface area contributed by atoms with Gasteiger partial charge >= 0.3 is 15.5 Å². The van der Waals surface area contributed by atoms with Crippen LogP contribution in [0.2, 0.25) is 0 Å². The number of rotatable bonds is 6. The first-order valence-corrected chi connectivity index (χ1v) is 10.1. The lowest BCUT2D eigenvalue weighted by atomic mass is 9.98. The van der Waals surface area contributed by atoms with Gasteiger partial charge in [-0.05, 0) is 24.8 Å². The Bertz CT molecular complexity index is 778. The summed E-state index contributed by atoms with van der Waals surface area (Å²) in [6.07, 6.45) is 0.688. The van der Waals surface area contributed by atoms with Crippen molar-refractivity contribution in [2.75, 3.05) is 33.8 Å². The maximum absolute atomic E-state index is 12.6. The molecular formula is C16H24F3N5O3S. The Labute approximate surface area is 162 Å². The molecule has 2 rings (SSSR count). The minimum Gasteiger partial charge on any atom is -0.481 e. The lowest BCUT2D eigenvalue weighted by Crippen LogP contribution is -2.47. The Hall–Kier alpha value is -2.08. The molecular weight excluding hydrogens is 399 g/mol. The van der Waals surface area contributed by atoms with Crippen molar-refractivity contribution in [2.24, 2.45) is 10.9 Å². The summed E-state index contributed by atoms with van der Waals surface area (Å²) in [5.41, 5.74) is -4.49. The van der Waals surface area contributed by atoms with Crippen LogP contribution in [0.15, 0.2) is 23.2 Å². The van der Waals surface area contributed by atoms with Crippen LogP contribution in [-0.4, -0.2) is 63.0 Å². The number of pyridine rings is 1. The van der Waals surface area contributed by atoms with Crippen LogP contribution in [0, 0.1) is 5.92 Å². The van der Waals surface area contributed by atoms with Crippen LogP contribution in [0.5, 0.6) is 5.88 Å². The normalized spacial score (nSPS) is 17.4. The van der Waals surface area contributed by atoms with Gasteiger partial charge in [-0.25, -0.2) is 13.4 Å². The van der Waals surface area contributed by atoms with Gasteiger partial charge in [0.05, 0.1) is 19.3 Å². The molecule has 0 aromatic carbocycles. The van der Waals surface area contributed by atoms with Crippen LogP contribution < -0.4 is 15.4 Å². The van der Waals surface area contributed by atoms with Gasteiger partial charge < -0.3 is 15.4 Å². The van der Waals surface area contributed by atoms with Gasteiger partial charge in [0, 0.05) is 32.7 Å². The van der Waals surface area contributed by atoms with E-state index in [0.717, 1.165) is 5.69 Å². The predicted molar refractivity (Wildman–Crippen MR) is 98.3 cm³/mol. The summed E-state index contributed by atoms with van der Waals surface area (Å²) < 4.78 is 66.3. The maximum atomic E-state index is 12.6. The molecule has 158 valence electrons. The van der Waals surface area contributed by atoms with Gasteiger partial charge in [-0.15, -0.1) is 0 Å². The molecule has 0 saturated carbocycles. The molecule has 1 fully saturated rings. The molecule has 0 amide bonds. The van der Waals surface area contributed by atoms with Gasteiger partial charge in [0.2, 0.25) is 5.88 Å². The number of ether oxygens (including phenoxy) is 1. The van der Waals surface area contributed by atoms with E-state index < -0.39 is 15.5 Å². The van der Waals surface area contributed by atoms with E-state index in [1.54, 1.807) is 13.1 Å². The first kappa shape index (κ1) is 22.2. The topological polar surface area (TPSA) is 95.9 Å². The molecule has 0 radical (unpaired) electrons. The smallest absolute Gasteiger partial charge is 0.481 e. The average molecular weight is 423 g/mol. The third kappa shape index (κ3) is 5.71. The Morgan fingerprint density at radius 2 is 2.00 bits per heavy atom. The SMILES string of the molecule is CN=C(NCc1cccc(OC)n1)NCC1CCN(S(=O)(=O)C(F)(F)F)CC1. The van der Waals surface area contributed by atoms with Crippen molar-refractivity contribution in [3.63, 3.8) is 0 Å². The van der Waals surface area contributed by atoms with E-state index in [-0.39, 0.29) is 19.0 Å². The number of guanidine groups is 1. The molecule has 0 unspecified atom stereocenters. The fourth-order valence-electron chi connectivity index (χ4n) is 2.81. The van der Waals surface area contributed by atoms with Crippen molar-refractivity contribution in [1.82, 2.24) is 19.9 Å². The van der Waals surface area contributed by atoms with Crippen molar-refractivity contribution in [3.8, 4) is 5.88 Å². The molecule has 0 aliphatic carbocycles. The zero-order valence-corrected chi connectivity index (χ0v) is 16.5. The molecule has 1 aromatic rings. The monoisotopic (exact) mass is 423 g/mol. The van der Waals surface area contributed by atoms with E-state index in [1.165, 1.54) is 7.11 Å². The van der Waals surface area contributed by atoms with Crippen LogP contribution in [0.1, 0.15) is 18.5 Å². The summed E-state index contributed by atoms with van der Waals surface area (Å²) >= 11 is 0. The van der Waals surface area contributed by atoms with Crippen molar-refractivity contribution < 1.29 is 26.3 Å². The third-order valence-corrected chi connectivity index (χ3v) is 6.04. The molecule has 0 atom stereocenters. The van der Waals surface area contributed by atoms with E-state index >= 15 is 0 Å². The Kier molecular flexibility index (Phi) is 7.47. The van der Waals surface area contributed by atoms with Gasteiger partial charge in [0.25, 0.3) is 0 Å². The highest BCUT2D eigenvalue weighted by atomic mass is 32.2. The highest BCUT2D eigenvalue weighted by Crippen LogP contribution is 2.30. The van der Waals surface area contributed by atoms with E-state index in [0.29, 0.717) is 42.1 Å². The second-order valence-electron chi connectivity index (χ2n) is 6.27. The number of hydrogen-bond acceptors (Lipinski definition) is 5. The predicted octanol–water partition coefficient (Wildman–Crippen LogP) is 1.32. The summed E-state index contributed by atoms with van der Waals surface area (Å²) in [6.45, 7) is 0.603. The molecule has 1 aliphatic rings. The number of halogens is 3. The zero-order valence-electron chi connectivity index (χ0n) is 15.7. The number of nitrogens with zero attached hydrogens (tertiary/aromatic N) is 3. The molecule has 2 N–H and O–H groups in total. The minimum absolute atomic E-state index is 0.0492. The summed E-state index contributed by atoms with van der Waals surface area (Å²) in [7, 11) is -2.11. The van der Waals surface area contributed by atoms with Gasteiger partial charge in [-0.2, -0.15) is 17.5 Å². The summed E-state index contributed by atoms with van der Waals surface area (Å²) in [4.78, 5) is 8.37. The fourth-order valence-corrected chi connectivity index (χ4v) is 3.79. The van der Waals surface area contributed by atoms with Crippen molar-refractivity contribution in [1.29, 1.82) is 0 Å². The van der Waals surface area contributed by atoms with E-state index in [4.69, 9.17) is 4.74 Å². The number of nitrogens with one attached hydrogen (secondary N) is 2. The van der Waals surface area contributed by atoms with Gasteiger partial charge in [0.1, 0.15) is 0 Å². The molecule has 1 saturated heterocycles. The number of hydrogen-bond donors (Lipinski definition) is 2. The number of piperidine rings is 1. The van der Waals surface area contributed by atoms with Crippen LogP contribution >= 0.6 is 0 Å². The second kappa shape index (κ2) is 9.41. The first-order valence-electron chi connectivity index (χ1n) is 8.68. The highest BCUT2D eigenvalue weighted by molar-refractivity contribution is 7.90. The maximum Gasteiger partial charge on any atom is 0.511 e.